The van der Waals surface area contributed by atoms with Crippen molar-refractivity contribution in [2.75, 3.05) is 19.6 Å². The molecule has 0 aromatic carbocycles. The Morgan fingerprint density at radius 3 is 3.00 bits per heavy atom. The predicted molar refractivity (Wildman–Crippen MR) is 59.5 cm³/mol. The number of aromatic nitrogens is 2. The Morgan fingerprint density at radius 1 is 1.62 bits per heavy atom. The molecule has 0 bridgehead atoms. The summed E-state index contributed by atoms with van der Waals surface area (Å²) in [5.41, 5.74) is 0.567. The maximum absolute atomic E-state index is 11.9. The molecule has 2 rings (SSSR count). The van der Waals surface area contributed by atoms with Crippen LogP contribution in [0.4, 0.5) is 0 Å². The van der Waals surface area contributed by atoms with Crippen LogP contribution in [0.5, 0.6) is 0 Å². The largest absolute Gasteiger partial charge is 0.316 e. The van der Waals surface area contributed by atoms with Gasteiger partial charge in [-0.15, -0.1) is 0 Å². The zero-order valence-corrected chi connectivity index (χ0v) is 9.97. The maximum Gasteiger partial charge on any atom is 0.243 e. The van der Waals surface area contributed by atoms with Crippen LogP contribution in [0.1, 0.15) is 12.1 Å². The molecule has 90 valence electrons. The Labute approximate surface area is 94.9 Å². The number of sulfonamides is 1. The monoisotopic (exact) mass is 244 g/mol. The van der Waals surface area contributed by atoms with Gasteiger partial charge in [0.1, 0.15) is 4.90 Å². The Kier molecular flexibility index (Phi) is 3.27. The molecule has 0 saturated carbocycles. The van der Waals surface area contributed by atoms with Gasteiger partial charge in [-0.2, -0.15) is 5.10 Å². The van der Waals surface area contributed by atoms with E-state index in [1.165, 1.54) is 6.20 Å². The lowest BCUT2D eigenvalue weighted by Gasteiger charge is -2.09. The van der Waals surface area contributed by atoms with Crippen molar-refractivity contribution in [1.82, 2.24) is 20.2 Å². The molecule has 7 heteroatoms. The molecule has 3 N–H and O–H groups in total. The molecule has 0 radical (unpaired) electrons. The molecule has 0 aliphatic carbocycles. The van der Waals surface area contributed by atoms with E-state index in [1.807, 2.05) is 0 Å². The number of aromatic amines is 1. The summed E-state index contributed by atoms with van der Waals surface area (Å²) in [6, 6.07) is 0. The molecule has 1 aliphatic rings. The highest BCUT2D eigenvalue weighted by molar-refractivity contribution is 7.89. The molecule has 16 heavy (non-hydrogen) atoms. The highest BCUT2D eigenvalue weighted by Crippen LogP contribution is 2.12. The fourth-order valence-electron chi connectivity index (χ4n) is 1.80. The summed E-state index contributed by atoms with van der Waals surface area (Å²) in [6.07, 6.45) is 2.36. The van der Waals surface area contributed by atoms with Gasteiger partial charge >= 0.3 is 0 Å². The van der Waals surface area contributed by atoms with Crippen LogP contribution in [0.3, 0.4) is 0 Å². The zero-order chi connectivity index (χ0) is 11.6. The van der Waals surface area contributed by atoms with Crippen molar-refractivity contribution < 1.29 is 8.42 Å². The minimum atomic E-state index is -3.41. The van der Waals surface area contributed by atoms with Crippen molar-refractivity contribution in [2.24, 2.45) is 5.92 Å². The Balaban J connectivity index is 2.00. The molecule has 1 aromatic heterocycles. The summed E-state index contributed by atoms with van der Waals surface area (Å²) in [7, 11) is -3.41. The van der Waals surface area contributed by atoms with Crippen molar-refractivity contribution >= 4 is 10.0 Å². The quantitative estimate of drug-likeness (QED) is 0.673. The SMILES string of the molecule is Cc1[nH]ncc1S(=O)(=O)NCC1CCNC1. The second-order valence-corrected chi connectivity index (χ2v) is 5.81. The van der Waals surface area contributed by atoms with E-state index in [0.717, 1.165) is 19.5 Å². The first kappa shape index (κ1) is 11.6. The van der Waals surface area contributed by atoms with Crippen LogP contribution in [0, 0.1) is 12.8 Å². The van der Waals surface area contributed by atoms with Crippen LogP contribution in [0.15, 0.2) is 11.1 Å². The number of rotatable bonds is 4. The van der Waals surface area contributed by atoms with Crippen molar-refractivity contribution in [2.45, 2.75) is 18.2 Å². The summed E-state index contributed by atoms with van der Waals surface area (Å²) in [5, 5.41) is 9.53. The third-order valence-electron chi connectivity index (χ3n) is 2.80. The lowest BCUT2D eigenvalue weighted by atomic mass is 10.1. The van der Waals surface area contributed by atoms with Gasteiger partial charge in [0.05, 0.1) is 11.9 Å². The van der Waals surface area contributed by atoms with Gasteiger partial charge < -0.3 is 5.32 Å². The number of H-pyrrole nitrogens is 1. The number of hydrogen-bond donors (Lipinski definition) is 3. The summed E-state index contributed by atoms with van der Waals surface area (Å²) in [4.78, 5) is 0.235. The summed E-state index contributed by atoms with van der Waals surface area (Å²) < 4.78 is 26.4. The third kappa shape index (κ3) is 2.42. The molecule has 1 fully saturated rings. The molecule has 6 nitrogen and oxygen atoms in total. The maximum atomic E-state index is 11.9. The minimum absolute atomic E-state index is 0.235. The average molecular weight is 244 g/mol. The van der Waals surface area contributed by atoms with E-state index in [2.05, 4.69) is 20.2 Å². The van der Waals surface area contributed by atoms with E-state index in [4.69, 9.17) is 0 Å². The van der Waals surface area contributed by atoms with Crippen molar-refractivity contribution in [1.29, 1.82) is 0 Å². The molecular formula is C9H16N4O2S. The second kappa shape index (κ2) is 4.52. The van der Waals surface area contributed by atoms with Gasteiger partial charge in [-0.3, -0.25) is 5.10 Å². The van der Waals surface area contributed by atoms with Crippen LogP contribution >= 0.6 is 0 Å². The van der Waals surface area contributed by atoms with Crippen LogP contribution in [0.25, 0.3) is 0 Å². The number of nitrogens with one attached hydrogen (secondary N) is 3. The molecular weight excluding hydrogens is 228 g/mol. The van der Waals surface area contributed by atoms with E-state index in [9.17, 15) is 8.42 Å². The van der Waals surface area contributed by atoms with Gasteiger partial charge in [-0.25, -0.2) is 13.1 Å². The number of hydrogen-bond acceptors (Lipinski definition) is 4. The van der Waals surface area contributed by atoms with Crippen LogP contribution in [-0.2, 0) is 10.0 Å². The van der Waals surface area contributed by atoms with Gasteiger partial charge in [0.25, 0.3) is 0 Å². The topological polar surface area (TPSA) is 86.9 Å². The van der Waals surface area contributed by atoms with Gasteiger partial charge in [0.2, 0.25) is 10.0 Å². The molecule has 0 spiro atoms. The molecule has 1 aromatic rings. The summed E-state index contributed by atoms with van der Waals surface area (Å²) >= 11 is 0. The van der Waals surface area contributed by atoms with E-state index in [1.54, 1.807) is 6.92 Å². The highest BCUT2D eigenvalue weighted by atomic mass is 32.2. The van der Waals surface area contributed by atoms with E-state index in [-0.39, 0.29) is 4.90 Å². The first-order chi connectivity index (χ1) is 7.59. The fraction of sp³-hybridized carbons (Fsp3) is 0.667. The Bertz CT molecular complexity index is 448. The lowest BCUT2D eigenvalue weighted by molar-refractivity contribution is 0.538. The van der Waals surface area contributed by atoms with Crippen LogP contribution < -0.4 is 10.0 Å². The molecule has 1 saturated heterocycles. The van der Waals surface area contributed by atoms with Crippen molar-refractivity contribution in [3.8, 4) is 0 Å². The lowest BCUT2D eigenvalue weighted by Crippen LogP contribution is -2.30. The molecule has 0 amide bonds. The minimum Gasteiger partial charge on any atom is -0.316 e. The fourth-order valence-corrected chi connectivity index (χ4v) is 3.06. The summed E-state index contributed by atoms with van der Waals surface area (Å²) in [6.45, 7) is 4.03. The van der Waals surface area contributed by atoms with E-state index < -0.39 is 10.0 Å². The van der Waals surface area contributed by atoms with Crippen molar-refractivity contribution in [3.05, 3.63) is 11.9 Å². The predicted octanol–water partition coefficient (Wildman–Crippen LogP) is -0.394. The normalized spacial score (nSPS) is 21.4. The zero-order valence-electron chi connectivity index (χ0n) is 9.16. The average Bonchev–Trinajstić information content (AvgIpc) is 2.85. The molecule has 1 unspecified atom stereocenters. The third-order valence-corrected chi connectivity index (χ3v) is 4.33. The Morgan fingerprint density at radius 2 is 2.44 bits per heavy atom. The van der Waals surface area contributed by atoms with Gasteiger partial charge in [-0.1, -0.05) is 0 Å². The van der Waals surface area contributed by atoms with Crippen LogP contribution in [-0.4, -0.2) is 38.2 Å². The second-order valence-electron chi connectivity index (χ2n) is 4.07. The highest BCUT2D eigenvalue weighted by Gasteiger charge is 2.21. The molecule has 2 heterocycles. The standard InChI is InChI=1S/C9H16N4O2S/c1-7-9(6-11-13-7)16(14,15)12-5-8-2-3-10-4-8/h6,8,10,12H,2-5H2,1H3,(H,11,13). The summed E-state index contributed by atoms with van der Waals surface area (Å²) in [5.74, 6) is 0.391. The smallest absolute Gasteiger partial charge is 0.243 e. The van der Waals surface area contributed by atoms with Gasteiger partial charge in [0, 0.05) is 6.54 Å². The van der Waals surface area contributed by atoms with Gasteiger partial charge in [0.15, 0.2) is 0 Å². The number of aryl methyl sites for hydroxylation is 1. The van der Waals surface area contributed by atoms with Crippen molar-refractivity contribution in [3.63, 3.8) is 0 Å². The Hall–Kier alpha value is -0.920. The molecule has 1 aliphatic heterocycles. The van der Waals surface area contributed by atoms with E-state index in [0.29, 0.717) is 18.2 Å². The van der Waals surface area contributed by atoms with Crippen LogP contribution in [0.2, 0.25) is 0 Å². The van der Waals surface area contributed by atoms with E-state index >= 15 is 0 Å². The number of nitrogens with zero attached hydrogens (tertiary/aromatic N) is 1. The first-order valence-electron chi connectivity index (χ1n) is 5.30. The molecule has 1 atom stereocenters. The van der Waals surface area contributed by atoms with Gasteiger partial charge in [-0.05, 0) is 32.4 Å². The first-order valence-corrected chi connectivity index (χ1v) is 6.78.